The highest BCUT2D eigenvalue weighted by Gasteiger charge is 2.24. The van der Waals surface area contributed by atoms with Crippen molar-refractivity contribution in [2.24, 2.45) is 5.92 Å². The Bertz CT molecular complexity index is 525. The number of hydrogen-bond donors (Lipinski definition) is 2. The summed E-state index contributed by atoms with van der Waals surface area (Å²) in [6.45, 7) is 7.22. The van der Waals surface area contributed by atoms with Gasteiger partial charge in [-0.05, 0) is 63.4 Å². The molecule has 1 aromatic rings. The molecule has 0 aromatic heterocycles. The average molecular weight is 315 g/mol. The Morgan fingerprint density at radius 1 is 1.30 bits per heavy atom. The highest BCUT2D eigenvalue weighted by Crippen LogP contribution is 2.17. The number of amides is 1. The van der Waals surface area contributed by atoms with Crippen LogP contribution in [0.5, 0.6) is 0 Å². The third-order valence-electron chi connectivity index (χ3n) is 5.06. The lowest BCUT2D eigenvalue weighted by Crippen LogP contribution is -2.42. The molecule has 4 heteroatoms. The third-order valence-corrected chi connectivity index (χ3v) is 5.06. The Morgan fingerprint density at radius 2 is 2.09 bits per heavy atom. The first-order valence-corrected chi connectivity index (χ1v) is 9.02. The minimum atomic E-state index is 0.166. The minimum absolute atomic E-state index is 0.166. The maximum atomic E-state index is 12.3. The van der Waals surface area contributed by atoms with Gasteiger partial charge in [-0.3, -0.25) is 9.69 Å². The van der Waals surface area contributed by atoms with E-state index in [2.05, 4.69) is 46.7 Å². The molecule has 2 atom stereocenters. The molecule has 2 N–H and O–H groups in total. The Kier molecular flexibility index (Phi) is 5.68. The van der Waals surface area contributed by atoms with Crippen molar-refractivity contribution in [1.29, 1.82) is 0 Å². The van der Waals surface area contributed by atoms with E-state index in [0.29, 0.717) is 12.6 Å². The molecule has 0 aliphatic carbocycles. The summed E-state index contributed by atoms with van der Waals surface area (Å²) < 4.78 is 0. The van der Waals surface area contributed by atoms with Gasteiger partial charge in [-0.1, -0.05) is 24.3 Å². The van der Waals surface area contributed by atoms with Crippen LogP contribution in [0.2, 0.25) is 0 Å². The molecule has 0 unspecified atom stereocenters. The van der Waals surface area contributed by atoms with Crippen LogP contribution in [0.4, 0.5) is 0 Å². The van der Waals surface area contributed by atoms with E-state index in [-0.39, 0.29) is 11.8 Å². The zero-order chi connectivity index (χ0) is 16.1. The van der Waals surface area contributed by atoms with Crippen LogP contribution < -0.4 is 10.6 Å². The smallest absolute Gasteiger partial charge is 0.223 e. The number of nitrogens with zero attached hydrogens (tertiary/aromatic N) is 1. The molecular formula is C19H29N3O. The van der Waals surface area contributed by atoms with Crippen LogP contribution in [-0.4, -0.2) is 36.5 Å². The summed E-state index contributed by atoms with van der Waals surface area (Å²) >= 11 is 0. The van der Waals surface area contributed by atoms with Gasteiger partial charge in [0.1, 0.15) is 0 Å². The van der Waals surface area contributed by atoms with Crippen molar-refractivity contribution in [2.45, 2.75) is 51.7 Å². The van der Waals surface area contributed by atoms with Gasteiger partial charge in [0.2, 0.25) is 5.91 Å². The molecule has 4 nitrogen and oxygen atoms in total. The second kappa shape index (κ2) is 7.93. The lowest BCUT2D eigenvalue weighted by atomic mass is 9.92. The fourth-order valence-electron chi connectivity index (χ4n) is 3.74. The van der Waals surface area contributed by atoms with E-state index < -0.39 is 0 Å². The van der Waals surface area contributed by atoms with Crippen molar-refractivity contribution in [2.75, 3.05) is 19.6 Å². The fraction of sp³-hybridized carbons (Fsp3) is 0.632. The van der Waals surface area contributed by atoms with Gasteiger partial charge in [0, 0.05) is 25.0 Å². The van der Waals surface area contributed by atoms with Gasteiger partial charge in [-0.2, -0.15) is 0 Å². The van der Waals surface area contributed by atoms with Gasteiger partial charge in [0.05, 0.1) is 0 Å². The number of hydrogen-bond acceptors (Lipinski definition) is 3. The molecule has 0 saturated carbocycles. The summed E-state index contributed by atoms with van der Waals surface area (Å²) in [5.41, 5.74) is 2.56. The number of likely N-dealkylation sites (tertiary alicyclic amines) is 1. The Labute approximate surface area is 139 Å². The zero-order valence-corrected chi connectivity index (χ0v) is 14.2. The summed E-state index contributed by atoms with van der Waals surface area (Å²) in [6, 6.07) is 9.10. The highest BCUT2D eigenvalue weighted by atomic mass is 16.1. The fourth-order valence-corrected chi connectivity index (χ4v) is 3.74. The summed E-state index contributed by atoms with van der Waals surface area (Å²) in [4.78, 5) is 14.8. The molecule has 0 spiro atoms. The van der Waals surface area contributed by atoms with Crippen molar-refractivity contribution in [1.82, 2.24) is 15.5 Å². The van der Waals surface area contributed by atoms with Crippen molar-refractivity contribution in [3.8, 4) is 0 Å². The van der Waals surface area contributed by atoms with E-state index >= 15 is 0 Å². The maximum Gasteiger partial charge on any atom is 0.223 e. The standard InChI is InChI=1S/C19H29N3O/c1-15-11-18(7-8-20-15)19(23)21-13-16-5-4-6-17(12-16)14-22-9-2-3-10-22/h4-6,12,15,18,20H,2-3,7-11,13-14H2,1H3,(H,21,23)/t15-,18-/m0/s1. The van der Waals surface area contributed by atoms with Crippen LogP contribution in [-0.2, 0) is 17.9 Å². The molecule has 2 aliphatic heterocycles. The molecular weight excluding hydrogens is 286 g/mol. The van der Waals surface area contributed by atoms with Crippen molar-refractivity contribution in [3.63, 3.8) is 0 Å². The number of rotatable bonds is 5. The largest absolute Gasteiger partial charge is 0.352 e. The Morgan fingerprint density at radius 3 is 2.87 bits per heavy atom. The van der Waals surface area contributed by atoms with Crippen LogP contribution >= 0.6 is 0 Å². The Balaban J connectivity index is 1.50. The lowest BCUT2D eigenvalue weighted by molar-refractivity contribution is -0.126. The topological polar surface area (TPSA) is 44.4 Å². The van der Waals surface area contributed by atoms with Crippen LogP contribution in [0.1, 0.15) is 43.7 Å². The van der Waals surface area contributed by atoms with Crippen LogP contribution in [0.25, 0.3) is 0 Å². The first-order chi connectivity index (χ1) is 11.2. The molecule has 2 saturated heterocycles. The number of nitrogens with one attached hydrogen (secondary N) is 2. The molecule has 2 fully saturated rings. The molecule has 0 bridgehead atoms. The van der Waals surface area contributed by atoms with E-state index in [1.165, 1.54) is 37.1 Å². The summed E-state index contributed by atoms with van der Waals surface area (Å²) in [6.07, 6.45) is 4.54. The second-order valence-corrected chi connectivity index (χ2v) is 7.10. The normalized spacial score (nSPS) is 25.4. The van der Waals surface area contributed by atoms with E-state index in [9.17, 15) is 4.79 Å². The monoisotopic (exact) mass is 315 g/mol. The predicted octanol–water partition coefficient (Wildman–Crippen LogP) is 2.29. The van der Waals surface area contributed by atoms with Crippen LogP contribution in [0.3, 0.4) is 0 Å². The van der Waals surface area contributed by atoms with Crippen molar-refractivity contribution in [3.05, 3.63) is 35.4 Å². The summed E-state index contributed by atoms with van der Waals surface area (Å²) in [7, 11) is 0. The first-order valence-electron chi connectivity index (χ1n) is 9.02. The Hall–Kier alpha value is -1.39. The maximum absolute atomic E-state index is 12.3. The molecule has 126 valence electrons. The third kappa shape index (κ3) is 4.79. The van der Waals surface area contributed by atoms with Crippen molar-refractivity contribution >= 4 is 5.91 Å². The van der Waals surface area contributed by atoms with Crippen LogP contribution in [0.15, 0.2) is 24.3 Å². The zero-order valence-electron chi connectivity index (χ0n) is 14.2. The quantitative estimate of drug-likeness (QED) is 0.876. The van der Waals surface area contributed by atoms with E-state index in [0.717, 1.165) is 25.9 Å². The van der Waals surface area contributed by atoms with Gasteiger partial charge < -0.3 is 10.6 Å². The van der Waals surface area contributed by atoms with Crippen molar-refractivity contribution < 1.29 is 4.79 Å². The SMILES string of the molecule is C[C@H]1C[C@@H](C(=O)NCc2cccc(CN3CCCC3)c2)CCN1. The van der Waals surface area contributed by atoms with Crippen LogP contribution in [0, 0.1) is 5.92 Å². The van der Waals surface area contributed by atoms with Gasteiger partial charge in [-0.25, -0.2) is 0 Å². The predicted molar refractivity (Wildman–Crippen MR) is 93.0 cm³/mol. The number of carbonyl (C=O) groups is 1. The summed E-state index contributed by atoms with van der Waals surface area (Å²) in [5, 5.41) is 6.53. The molecule has 3 rings (SSSR count). The van der Waals surface area contributed by atoms with E-state index in [1.54, 1.807) is 0 Å². The number of carbonyl (C=O) groups excluding carboxylic acids is 1. The second-order valence-electron chi connectivity index (χ2n) is 7.10. The molecule has 1 amide bonds. The van der Waals surface area contributed by atoms with Gasteiger partial charge in [-0.15, -0.1) is 0 Å². The average Bonchev–Trinajstić information content (AvgIpc) is 3.06. The van der Waals surface area contributed by atoms with Gasteiger partial charge >= 0.3 is 0 Å². The molecule has 2 heterocycles. The molecule has 23 heavy (non-hydrogen) atoms. The number of piperidine rings is 1. The first kappa shape index (κ1) is 16.5. The van der Waals surface area contributed by atoms with Gasteiger partial charge in [0.15, 0.2) is 0 Å². The van der Waals surface area contributed by atoms with E-state index in [4.69, 9.17) is 0 Å². The lowest BCUT2D eigenvalue weighted by Gasteiger charge is -2.27. The molecule has 0 radical (unpaired) electrons. The van der Waals surface area contributed by atoms with Gasteiger partial charge in [0.25, 0.3) is 0 Å². The molecule has 1 aromatic carbocycles. The minimum Gasteiger partial charge on any atom is -0.352 e. The highest BCUT2D eigenvalue weighted by molar-refractivity contribution is 5.78. The summed E-state index contributed by atoms with van der Waals surface area (Å²) in [5.74, 6) is 0.377. The number of benzene rings is 1. The molecule has 2 aliphatic rings. The van der Waals surface area contributed by atoms with E-state index in [1.807, 2.05) is 0 Å².